The van der Waals surface area contributed by atoms with Gasteiger partial charge in [0, 0.05) is 12.1 Å². The first-order chi connectivity index (χ1) is 13.0. The number of nitrogens with zero attached hydrogens (tertiary/aromatic N) is 1. The van der Waals surface area contributed by atoms with Crippen LogP contribution >= 0.6 is 0 Å². The van der Waals surface area contributed by atoms with Gasteiger partial charge in [0.25, 0.3) is 10.0 Å². The number of ether oxygens (including phenoxy) is 2. The van der Waals surface area contributed by atoms with Crippen molar-refractivity contribution in [2.45, 2.75) is 18.2 Å². The molecule has 1 N–H and O–H groups in total. The Balaban J connectivity index is 1.75. The van der Waals surface area contributed by atoms with E-state index in [-0.39, 0.29) is 4.90 Å². The van der Waals surface area contributed by atoms with E-state index in [2.05, 4.69) is 9.71 Å². The van der Waals surface area contributed by atoms with Gasteiger partial charge < -0.3 is 9.47 Å². The van der Waals surface area contributed by atoms with E-state index in [9.17, 15) is 8.42 Å². The maximum atomic E-state index is 12.5. The lowest BCUT2D eigenvalue weighted by Gasteiger charge is -2.11. The molecule has 0 spiro atoms. The summed E-state index contributed by atoms with van der Waals surface area (Å²) < 4.78 is 38.4. The van der Waals surface area contributed by atoms with E-state index < -0.39 is 10.0 Å². The van der Waals surface area contributed by atoms with Crippen molar-refractivity contribution in [3.05, 3.63) is 72.4 Å². The molecule has 0 atom stereocenters. The average Bonchev–Trinajstić information content (AvgIpc) is 2.70. The van der Waals surface area contributed by atoms with Crippen molar-refractivity contribution in [3.63, 3.8) is 0 Å². The van der Waals surface area contributed by atoms with Crippen LogP contribution < -0.4 is 14.2 Å². The first kappa shape index (κ1) is 18.7. The lowest BCUT2D eigenvalue weighted by molar-refractivity contribution is 0.413. The number of sulfonamides is 1. The molecule has 0 saturated heterocycles. The van der Waals surface area contributed by atoms with Crippen molar-refractivity contribution in [2.75, 3.05) is 11.8 Å². The minimum absolute atomic E-state index is 0.110. The lowest BCUT2D eigenvalue weighted by Crippen LogP contribution is -2.13. The van der Waals surface area contributed by atoms with Gasteiger partial charge in [-0.25, -0.2) is 13.4 Å². The third-order valence-corrected chi connectivity index (χ3v) is 5.29. The number of aryl methyl sites for hydroxylation is 1. The largest absolute Gasteiger partial charge is 0.497 e. The molecule has 0 bridgehead atoms. The molecule has 6 nitrogen and oxygen atoms in total. The summed E-state index contributed by atoms with van der Waals surface area (Å²) in [6, 6.07) is 17.2. The molecular formula is C20H20N2O4S. The van der Waals surface area contributed by atoms with Gasteiger partial charge in [-0.3, -0.25) is 4.72 Å². The van der Waals surface area contributed by atoms with Crippen LogP contribution in [0.3, 0.4) is 0 Å². The summed E-state index contributed by atoms with van der Waals surface area (Å²) in [5.41, 5.74) is 1.41. The van der Waals surface area contributed by atoms with Gasteiger partial charge in [0.1, 0.15) is 11.5 Å². The Bertz CT molecular complexity index is 1020. The highest BCUT2D eigenvalue weighted by atomic mass is 32.2. The van der Waals surface area contributed by atoms with Crippen LogP contribution in [-0.4, -0.2) is 20.5 Å². The molecule has 0 aliphatic rings. The van der Waals surface area contributed by atoms with Gasteiger partial charge in [-0.1, -0.05) is 31.2 Å². The van der Waals surface area contributed by atoms with Gasteiger partial charge >= 0.3 is 0 Å². The van der Waals surface area contributed by atoms with E-state index in [1.165, 1.54) is 25.4 Å². The fourth-order valence-corrected chi connectivity index (χ4v) is 3.57. The Hall–Kier alpha value is -3.06. The number of hydrogen-bond acceptors (Lipinski definition) is 5. The summed E-state index contributed by atoms with van der Waals surface area (Å²) in [4.78, 5) is 4.30. The number of aromatic nitrogens is 1. The van der Waals surface area contributed by atoms with Crippen molar-refractivity contribution in [1.82, 2.24) is 4.98 Å². The summed E-state index contributed by atoms with van der Waals surface area (Å²) >= 11 is 0. The summed E-state index contributed by atoms with van der Waals surface area (Å²) in [5, 5.41) is 0. The second-order valence-corrected chi connectivity index (χ2v) is 7.42. The SMILES string of the molecule is CCc1ccccc1Oc1ccc(NS(=O)(=O)c2cccc(OC)c2)cn1. The van der Waals surface area contributed by atoms with E-state index in [1.807, 2.05) is 31.2 Å². The van der Waals surface area contributed by atoms with Gasteiger partial charge in [0.15, 0.2) is 0 Å². The summed E-state index contributed by atoms with van der Waals surface area (Å²) in [5.74, 6) is 1.59. The topological polar surface area (TPSA) is 77.5 Å². The minimum Gasteiger partial charge on any atom is -0.497 e. The van der Waals surface area contributed by atoms with Gasteiger partial charge in [0.2, 0.25) is 5.88 Å². The number of rotatable bonds is 7. The van der Waals surface area contributed by atoms with E-state index >= 15 is 0 Å². The van der Waals surface area contributed by atoms with Crippen molar-refractivity contribution in [2.24, 2.45) is 0 Å². The number of nitrogens with one attached hydrogen (secondary N) is 1. The summed E-state index contributed by atoms with van der Waals surface area (Å²) in [6.07, 6.45) is 2.26. The highest BCUT2D eigenvalue weighted by molar-refractivity contribution is 7.92. The van der Waals surface area contributed by atoms with Crippen LogP contribution in [0.15, 0.2) is 71.8 Å². The van der Waals surface area contributed by atoms with Crippen LogP contribution in [0.1, 0.15) is 12.5 Å². The normalized spacial score (nSPS) is 11.0. The van der Waals surface area contributed by atoms with E-state index in [4.69, 9.17) is 9.47 Å². The maximum Gasteiger partial charge on any atom is 0.262 e. The molecule has 27 heavy (non-hydrogen) atoms. The molecule has 0 radical (unpaired) electrons. The summed E-state index contributed by atoms with van der Waals surface area (Å²) in [7, 11) is -2.25. The molecular weight excluding hydrogens is 364 g/mol. The molecule has 0 saturated carbocycles. The number of pyridine rings is 1. The molecule has 3 aromatic rings. The number of benzene rings is 2. The van der Waals surface area contributed by atoms with Gasteiger partial charge in [-0.15, -0.1) is 0 Å². The molecule has 140 valence electrons. The first-order valence-corrected chi connectivity index (χ1v) is 9.89. The zero-order chi connectivity index (χ0) is 19.3. The predicted molar refractivity (Wildman–Crippen MR) is 104 cm³/mol. The Labute approximate surface area is 158 Å². The van der Waals surface area contributed by atoms with Crippen LogP contribution in [0.2, 0.25) is 0 Å². The average molecular weight is 384 g/mol. The molecule has 0 amide bonds. The van der Waals surface area contributed by atoms with Crippen LogP contribution in [-0.2, 0) is 16.4 Å². The maximum absolute atomic E-state index is 12.5. The van der Waals surface area contributed by atoms with Gasteiger partial charge in [0.05, 0.1) is 23.9 Å². The monoisotopic (exact) mass is 384 g/mol. The van der Waals surface area contributed by atoms with Gasteiger partial charge in [-0.2, -0.15) is 0 Å². The Kier molecular flexibility index (Phi) is 5.61. The zero-order valence-electron chi connectivity index (χ0n) is 15.0. The first-order valence-electron chi connectivity index (χ1n) is 8.40. The van der Waals surface area contributed by atoms with Crippen LogP contribution in [0.5, 0.6) is 17.4 Å². The summed E-state index contributed by atoms with van der Waals surface area (Å²) in [6.45, 7) is 2.05. The number of anilines is 1. The number of methoxy groups -OCH3 is 1. The van der Waals surface area contributed by atoms with Crippen molar-refractivity contribution in [1.29, 1.82) is 0 Å². The predicted octanol–water partition coefficient (Wildman–Crippen LogP) is 4.25. The van der Waals surface area contributed by atoms with Crippen molar-refractivity contribution < 1.29 is 17.9 Å². The Morgan fingerprint density at radius 3 is 2.56 bits per heavy atom. The standard InChI is InChI=1S/C20H20N2O4S/c1-3-15-7-4-5-10-19(15)26-20-12-11-16(14-21-20)22-27(23,24)18-9-6-8-17(13-18)25-2/h4-14,22H,3H2,1-2H3. The highest BCUT2D eigenvalue weighted by Crippen LogP contribution is 2.25. The molecule has 3 rings (SSSR count). The fraction of sp³-hybridized carbons (Fsp3) is 0.150. The number of para-hydroxylation sites is 1. The van der Waals surface area contributed by atoms with Crippen LogP contribution in [0.25, 0.3) is 0 Å². The second kappa shape index (κ2) is 8.09. The van der Waals surface area contributed by atoms with E-state index in [0.29, 0.717) is 17.3 Å². The Morgan fingerprint density at radius 1 is 1.04 bits per heavy atom. The number of hydrogen-bond donors (Lipinski definition) is 1. The molecule has 0 aliphatic heterocycles. The lowest BCUT2D eigenvalue weighted by atomic mass is 10.1. The molecule has 7 heteroatoms. The van der Waals surface area contributed by atoms with Gasteiger partial charge in [-0.05, 0) is 36.2 Å². The molecule has 1 aromatic heterocycles. The fourth-order valence-electron chi connectivity index (χ4n) is 2.49. The molecule has 0 unspecified atom stereocenters. The quantitative estimate of drug-likeness (QED) is 0.659. The molecule has 2 aromatic carbocycles. The van der Waals surface area contributed by atoms with E-state index in [1.54, 1.807) is 24.3 Å². The smallest absolute Gasteiger partial charge is 0.262 e. The van der Waals surface area contributed by atoms with Crippen LogP contribution in [0, 0.1) is 0 Å². The molecule has 0 fully saturated rings. The minimum atomic E-state index is -3.74. The molecule has 0 aliphatic carbocycles. The zero-order valence-corrected chi connectivity index (χ0v) is 15.9. The molecule has 1 heterocycles. The Morgan fingerprint density at radius 2 is 1.85 bits per heavy atom. The van der Waals surface area contributed by atoms with Crippen molar-refractivity contribution >= 4 is 15.7 Å². The van der Waals surface area contributed by atoms with E-state index in [0.717, 1.165) is 17.7 Å². The highest BCUT2D eigenvalue weighted by Gasteiger charge is 2.15. The second-order valence-electron chi connectivity index (χ2n) is 5.73. The van der Waals surface area contributed by atoms with Crippen molar-refractivity contribution in [3.8, 4) is 17.4 Å². The van der Waals surface area contributed by atoms with Crippen LogP contribution in [0.4, 0.5) is 5.69 Å². The third-order valence-electron chi connectivity index (χ3n) is 3.91. The third kappa shape index (κ3) is 4.57.